The molecule has 150 valence electrons. The fraction of sp³-hybridized carbons (Fsp3) is 0.476. The lowest BCUT2D eigenvalue weighted by Gasteiger charge is -2.13. The van der Waals surface area contributed by atoms with Crippen LogP contribution in [0.2, 0.25) is 0 Å². The van der Waals surface area contributed by atoms with E-state index >= 15 is 0 Å². The van der Waals surface area contributed by atoms with Crippen molar-refractivity contribution in [3.8, 4) is 11.5 Å². The van der Waals surface area contributed by atoms with Crippen molar-refractivity contribution in [3.63, 3.8) is 0 Å². The molecule has 0 bridgehead atoms. The van der Waals surface area contributed by atoms with E-state index in [9.17, 15) is 0 Å². The van der Waals surface area contributed by atoms with Gasteiger partial charge in [0.2, 0.25) is 5.95 Å². The molecule has 7 heteroatoms. The van der Waals surface area contributed by atoms with Crippen LogP contribution in [-0.2, 0) is 6.42 Å². The van der Waals surface area contributed by atoms with E-state index in [1.165, 1.54) is 31.3 Å². The molecule has 28 heavy (non-hydrogen) atoms. The largest absolute Gasteiger partial charge is 0.493 e. The molecule has 1 aliphatic rings. The van der Waals surface area contributed by atoms with Gasteiger partial charge in [-0.1, -0.05) is 17.7 Å². The predicted octanol–water partition coefficient (Wildman–Crippen LogP) is 3.85. The predicted molar refractivity (Wildman–Crippen MR) is 111 cm³/mol. The molecule has 1 aromatic heterocycles. The summed E-state index contributed by atoms with van der Waals surface area (Å²) in [7, 11) is 3.28. The minimum Gasteiger partial charge on any atom is -0.493 e. The van der Waals surface area contributed by atoms with E-state index in [0.29, 0.717) is 5.95 Å². The van der Waals surface area contributed by atoms with Gasteiger partial charge in [-0.05, 0) is 56.2 Å². The maximum atomic E-state index is 5.35. The van der Waals surface area contributed by atoms with Crippen molar-refractivity contribution in [3.05, 3.63) is 41.6 Å². The molecule has 2 aromatic rings. The topological polar surface area (TPSA) is 81.2 Å². The Kier molecular flexibility index (Phi) is 7.46. The van der Waals surface area contributed by atoms with E-state index in [0.717, 1.165) is 48.8 Å². The van der Waals surface area contributed by atoms with E-state index in [1.807, 2.05) is 18.2 Å². The van der Waals surface area contributed by atoms with Crippen molar-refractivity contribution >= 4 is 11.8 Å². The van der Waals surface area contributed by atoms with E-state index in [-0.39, 0.29) is 0 Å². The van der Waals surface area contributed by atoms with Crippen molar-refractivity contribution in [2.45, 2.75) is 38.5 Å². The van der Waals surface area contributed by atoms with Gasteiger partial charge in [-0.25, -0.2) is 0 Å². The van der Waals surface area contributed by atoms with Crippen LogP contribution in [0.4, 0.5) is 11.8 Å². The van der Waals surface area contributed by atoms with Crippen molar-refractivity contribution in [2.24, 2.45) is 0 Å². The van der Waals surface area contributed by atoms with Gasteiger partial charge in [0.15, 0.2) is 17.3 Å². The van der Waals surface area contributed by atoms with Crippen LogP contribution in [0.15, 0.2) is 36.0 Å². The summed E-state index contributed by atoms with van der Waals surface area (Å²) in [5.41, 5.74) is 2.70. The zero-order chi connectivity index (χ0) is 19.6. The molecular weight excluding hydrogens is 354 g/mol. The number of benzene rings is 1. The molecule has 0 amide bonds. The molecule has 3 rings (SSSR count). The average molecular weight is 383 g/mol. The summed E-state index contributed by atoms with van der Waals surface area (Å²) in [6.45, 7) is 1.57. The monoisotopic (exact) mass is 383 g/mol. The number of allylic oxidation sites excluding steroid dienone is 1. The second-order valence-electron chi connectivity index (χ2n) is 6.82. The average Bonchev–Trinajstić information content (AvgIpc) is 2.75. The summed E-state index contributed by atoms with van der Waals surface area (Å²) in [6, 6.07) is 5.95. The molecule has 0 atom stereocenters. The smallest absolute Gasteiger partial charge is 0.244 e. The minimum absolute atomic E-state index is 0.563. The summed E-state index contributed by atoms with van der Waals surface area (Å²) in [6.07, 6.45) is 11.0. The van der Waals surface area contributed by atoms with Crippen molar-refractivity contribution in [1.82, 2.24) is 15.2 Å². The van der Waals surface area contributed by atoms with Crippen LogP contribution in [0.3, 0.4) is 0 Å². The first-order valence-corrected chi connectivity index (χ1v) is 9.85. The number of hydrogen-bond donors (Lipinski definition) is 2. The van der Waals surface area contributed by atoms with Crippen LogP contribution in [0.5, 0.6) is 11.5 Å². The highest BCUT2D eigenvalue weighted by atomic mass is 16.5. The summed E-state index contributed by atoms with van der Waals surface area (Å²) in [5.74, 6) is 2.75. The molecular formula is C21H29N5O2. The van der Waals surface area contributed by atoms with Gasteiger partial charge in [-0.3, -0.25) is 0 Å². The molecule has 1 aromatic carbocycles. The Morgan fingerprint density at radius 3 is 2.64 bits per heavy atom. The van der Waals surface area contributed by atoms with E-state index in [4.69, 9.17) is 9.47 Å². The molecule has 0 saturated carbocycles. The number of rotatable bonds is 10. The highest BCUT2D eigenvalue weighted by Gasteiger charge is 2.06. The SMILES string of the molecule is COc1ccc(CCNc2cnnc(NCCC3=CCCCC3)n2)cc1OC. The van der Waals surface area contributed by atoms with E-state index in [1.54, 1.807) is 20.4 Å². The fourth-order valence-corrected chi connectivity index (χ4v) is 3.30. The maximum absolute atomic E-state index is 5.35. The third-order valence-corrected chi connectivity index (χ3v) is 4.84. The van der Waals surface area contributed by atoms with Gasteiger partial charge < -0.3 is 20.1 Å². The Labute approximate surface area is 166 Å². The lowest BCUT2D eigenvalue weighted by molar-refractivity contribution is 0.354. The lowest BCUT2D eigenvalue weighted by atomic mass is 9.97. The molecule has 0 saturated heterocycles. The van der Waals surface area contributed by atoms with Gasteiger partial charge in [-0.2, -0.15) is 10.1 Å². The Bertz CT molecular complexity index is 794. The number of aromatic nitrogens is 3. The third-order valence-electron chi connectivity index (χ3n) is 4.84. The van der Waals surface area contributed by atoms with Gasteiger partial charge in [0.25, 0.3) is 0 Å². The van der Waals surface area contributed by atoms with Gasteiger partial charge in [0.05, 0.1) is 20.4 Å². The van der Waals surface area contributed by atoms with Crippen LogP contribution < -0.4 is 20.1 Å². The lowest BCUT2D eigenvalue weighted by Crippen LogP contribution is -2.11. The molecule has 0 fully saturated rings. The van der Waals surface area contributed by atoms with Crippen LogP contribution in [0.1, 0.15) is 37.7 Å². The van der Waals surface area contributed by atoms with E-state index in [2.05, 4.69) is 31.9 Å². The van der Waals surface area contributed by atoms with Crippen LogP contribution >= 0.6 is 0 Å². The summed E-state index contributed by atoms with van der Waals surface area (Å²) < 4.78 is 10.6. The second-order valence-corrected chi connectivity index (χ2v) is 6.82. The quantitative estimate of drug-likeness (QED) is 0.603. The standard InChI is InChI=1S/C21H29N5O2/c1-27-18-9-8-17(14-19(18)28-2)11-12-22-20-15-24-26-21(25-20)23-13-10-16-6-4-3-5-7-16/h6,8-9,14-15H,3-5,7,10-13H2,1-2H3,(H2,22,23,25,26). The maximum Gasteiger partial charge on any atom is 0.244 e. The molecule has 0 radical (unpaired) electrons. The Morgan fingerprint density at radius 2 is 1.86 bits per heavy atom. The Hall–Kier alpha value is -2.83. The number of hydrogen-bond acceptors (Lipinski definition) is 7. The molecule has 1 aliphatic carbocycles. The fourth-order valence-electron chi connectivity index (χ4n) is 3.30. The first-order valence-electron chi connectivity index (χ1n) is 9.85. The molecule has 0 aliphatic heterocycles. The molecule has 0 unspecified atom stereocenters. The number of anilines is 2. The van der Waals surface area contributed by atoms with Gasteiger partial charge in [-0.15, -0.1) is 5.10 Å². The number of methoxy groups -OCH3 is 2. The molecule has 0 spiro atoms. The summed E-state index contributed by atoms with van der Waals surface area (Å²) in [5, 5.41) is 14.7. The van der Waals surface area contributed by atoms with Gasteiger partial charge in [0.1, 0.15) is 0 Å². The van der Waals surface area contributed by atoms with Crippen LogP contribution in [0, 0.1) is 0 Å². The normalized spacial score (nSPS) is 13.6. The Balaban J connectivity index is 1.46. The zero-order valence-electron chi connectivity index (χ0n) is 16.7. The zero-order valence-corrected chi connectivity index (χ0v) is 16.7. The highest BCUT2D eigenvalue weighted by Crippen LogP contribution is 2.27. The van der Waals surface area contributed by atoms with Crippen LogP contribution in [0.25, 0.3) is 0 Å². The van der Waals surface area contributed by atoms with Crippen LogP contribution in [-0.4, -0.2) is 42.5 Å². The van der Waals surface area contributed by atoms with Crippen molar-refractivity contribution in [2.75, 3.05) is 37.9 Å². The van der Waals surface area contributed by atoms with Gasteiger partial charge in [0, 0.05) is 13.1 Å². The number of nitrogens with zero attached hydrogens (tertiary/aromatic N) is 3. The highest BCUT2D eigenvalue weighted by molar-refractivity contribution is 5.43. The second kappa shape index (κ2) is 10.5. The first-order chi connectivity index (χ1) is 13.8. The number of ether oxygens (including phenoxy) is 2. The summed E-state index contributed by atoms with van der Waals surface area (Å²) in [4.78, 5) is 4.49. The van der Waals surface area contributed by atoms with E-state index < -0.39 is 0 Å². The summed E-state index contributed by atoms with van der Waals surface area (Å²) >= 11 is 0. The molecule has 7 nitrogen and oxygen atoms in total. The molecule has 2 N–H and O–H groups in total. The first kappa shape index (κ1) is 19.9. The third kappa shape index (κ3) is 5.84. The van der Waals surface area contributed by atoms with Gasteiger partial charge >= 0.3 is 0 Å². The van der Waals surface area contributed by atoms with Crippen molar-refractivity contribution in [1.29, 1.82) is 0 Å². The minimum atomic E-state index is 0.563. The number of nitrogens with one attached hydrogen (secondary N) is 2. The molecule has 1 heterocycles. The van der Waals surface area contributed by atoms with Crippen molar-refractivity contribution < 1.29 is 9.47 Å². The Morgan fingerprint density at radius 1 is 1.00 bits per heavy atom.